The van der Waals surface area contributed by atoms with Crippen molar-refractivity contribution in [2.75, 3.05) is 6.54 Å². The number of hydrogen-bond acceptors (Lipinski definition) is 4. The Labute approximate surface area is 157 Å². The number of aryl methyl sites for hydroxylation is 1. The first-order valence-electron chi connectivity index (χ1n) is 9.50. The number of carboxylic acid groups (broad SMARTS) is 1. The minimum atomic E-state index is -0.691. The predicted molar refractivity (Wildman–Crippen MR) is 101 cm³/mol. The number of fused-ring (bicyclic) bond motifs is 2. The van der Waals surface area contributed by atoms with E-state index in [4.69, 9.17) is 0 Å². The van der Waals surface area contributed by atoms with Crippen LogP contribution in [0.3, 0.4) is 0 Å². The molecule has 1 saturated carbocycles. The van der Waals surface area contributed by atoms with Gasteiger partial charge < -0.3 is 10.0 Å². The van der Waals surface area contributed by atoms with Crippen molar-refractivity contribution in [3.05, 3.63) is 29.3 Å². The smallest absolute Gasteiger partial charge is 0.306 e. The highest BCUT2D eigenvalue weighted by Gasteiger charge is 2.43. The van der Waals surface area contributed by atoms with Gasteiger partial charge in [-0.2, -0.15) is 0 Å². The second kappa shape index (κ2) is 7.35. The second-order valence-corrected chi connectivity index (χ2v) is 8.53. The molecule has 3 atom stereocenters. The summed E-state index contributed by atoms with van der Waals surface area (Å²) in [5.74, 6) is -0.691. The second-order valence-electron chi connectivity index (χ2n) is 7.41. The molecule has 1 aliphatic carbocycles. The lowest BCUT2D eigenvalue weighted by Crippen LogP contribution is -2.54. The molecule has 1 saturated heterocycles. The molecule has 2 aromatic rings. The zero-order valence-corrected chi connectivity index (χ0v) is 15.6. The van der Waals surface area contributed by atoms with Gasteiger partial charge in [-0.05, 0) is 37.3 Å². The lowest BCUT2D eigenvalue weighted by molar-refractivity contribution is -0.153. The summed E-state index contributed by atoms with van der Waals surface area (Å²) >= 11 is 1.65. The van der Waals surface area contributed by atoms with Crippen molar-refractivity contribution < 1.29 is 14.7 Å². The van der Waals surface area contributed by atoms with Gasteiger partial charge in [-0.25, -0.2) is 4.98 Å². The van der Waals surface area contributed by atoms with Crippen molar-refractivity contribution in [2.45, 2.75) is 51.0 Å². The Morgan fingerprint density at radius 2 is 2.00 bits per heavy atom. The molecule has 2 aliphatic rings. The fraction of sp³-hybridized carbons (Fsp3) is 0.550. The standard InChI is InChI=1S/C20H24N2O3S/c23-19(10-9-18-21-15-6-2-4-8-17(15)26-18)22-12-11-14(20(24)25)13-5-1-3-7-16(13)22/h2,4,6,8,13-14,16H,1,3,5,7,9-12H2,(H,24,25). The Hall–Kier alpha value is -1.95. The zero-order valence-electron chi connectivity index (χ0n) is 14.8. The van der Waals surface area contributed by atoms with E-state index < -0.39 is 5.97 Å². The Bertz CT molecular complexity index is 785. The van der Waals surface area contributed by atoms with Gasteiger partial charge in [0.15, 0.2) is 0 Å². The molecule has 1 amide bonds. The summed E-state index contributed by atoms with van der Waals surface area (Å²) in [7, 11) is 0. The number of rotatable bonds is 4. The third-order valence-corrected chi connectivity index (χ3v) is 7.00. The summed E-state index contributed by atoms with van der Waals surface area (Å²) in [6.45, 7) is 0.580. The van der Waals surface area contributed by atoms with Gasteiger partial charge in [0.05, 0.1) is 21.1 Å². The van der Waals surface area contributed by atoms with E-state index in [1.165, 1.54) is 0 Å². The molecule has 0 radical (unpaired) electrons. The molecule has 4 rings (SSSR count). The molecule has 138 valence electrons. The summed E-state index contributed by atoms with van der Waals surface area (Å²) in [5, 5.41) is 10.5. The molecule has 6 heteroatoms. The van der Waals surface area contributed by atoms with Gasteiger partial charge in [0.1, 0.15) is 0 Å². The maximum Gasteiger partial charge on any atom is 0.306 e. The van der Waals surface area contributed by atoms with Gasteiger partial charge in [-0.1, -0.05) is 25.0 Å². The van der Waals surface area contributed by atoms with Crippen LogP contribution in [-0.4, -0.2) is 39.5 Å². The fourth-order valence-corrected chi connectivity index (χ4v) is 5.62. The normalized spacial score (nSPS) is 25.8. The Kier molecular flexibility index (Phi) is 4.94. The number of aliphatic carboxylic acids is 1. The van der Waals surface area contributed by atoms with Crippen molar-refractivity contribution in [1.82, 2.24) is 9.88 Å². The highest BCUT2D eigenvalue weighted by atomic mass is 32.1. The summed E-state index contributed by atoms with van der Waals surface area (Å²) in [4.78, 5) is 31.0. The highest BCUT2D eigenvalue weighted by Crippen LogP contribution is 2.39. The molecule has 1 aromatic carbocycles. The molecule has 2 heterocycles. The SMILES string of the molecule is O=C(O)C1CCN(C(=O)CCc2nc3ccccc3s2)C2CCCCC12. The van der Waals surface area contributed by atoms with Crippen LogP contribution in [0.5, 0.6) is 0 Å². The first-order chi connectivity index (χ1) is 12.6. The van der Waals surface area contributed by atoms with Crippen LogP contribution in [0, 0.1) is 11.8 Å². The molecular formula is C20H24N2O3S. The van der Waals surface area contributed by atoms with Crippen LogP contribution in [0.1, 0.15) is 43.5 Å². The van der Waals surface area contributed by atoms with Crippen LogP contribution in [0.25, 0.3) is 10.2 Å². The number of benzene rings is 1. The van der Waals surface area contributed by atoms with Crippen molar-refractivity contribution >= 4 is 33.4 Å². The van der Waals surface area contributed by atoms with E-state index in [-0.39, 0.29) is 23.8 Å². The van der Waals surface area contributed by atoms with Crippen LogP contribution in [0.15, 0.2) is 24.3 Å². The summed E-state index contributed by atoms with van der Waals surface area (Å²) in [6.07, 6.45) is 5.76. The number of carboxylic acids is 1. The van der Waals surface area contributed by atoms with Gasteiger partial charge in [0.25, 0.3) is 0 Å². The van der Waals surface area contributed by atoms with Gasteiger partial charge in [0.2, 0.25) is 5.91 Å². The predicted octanol–water partition coefficient (Wildman–Crippen LogP) is 3.72. The van der Waals surface area contributed by atoms with Crippen molar-refractivity contribution in [2.24, 2.45) is 11.8 Å². The topological polar surface area (TPSA) is 70.5 Å². The van der Waals surface area contributed by atoms with Crippen LogP contribution in [-0.2, 0) is 16.0 Å². The van der Waals surface area contributed by atoms with Crippen molar-refractivity contribution in [3.8, 4) is 0 Å². The maximum atomic E-state index is 12.9. The van der Waals surface area contributed by atoms with E-state index in [1.54, 1.807) is 11.3 Å². The van der Waals surface area contributed by atoms with Crippen LogP contribution in [0.2, 0.25) is 0 Å². The largest absolute Gasteiger partial charge is 0.481 e. The average Bonchev–Trinajstić information content (AvgIpc) is 3.08. The van der Waals surface area contributed by atoms with Crippen LogP contribution in [0.4, 0.5) is 0 Å². The Balaban J connectivity index is 1.43. The monoisotopic (exact) mass is 372 g/mol. The maximum absolute atomic E-state index is 12.9. The van der Waals surface area contributed by atoms with Crippen molar-refractivity contribution in [3.63, 3.8) is 0 Å². The van der Waals surface area contributed by atoms with Gasteiger partial charge in [-0.3, -0.25) is 9.59 Å². The summed E-state index contributed by atoms with van der Waals surface area (Å²) < 4.78 is 1.16. The first-order valence-corrected chi connectivity index (χ1v) is 10.3. The highest BCUT2D eigenvalue weighted by molar-refractivity contribution is 7.18. The molecule has 3 unspecified atom stereocenters. The Morgan fingerprint density at radius 1 is 1.19 bits per heavy atom. The fourth-order valence-electron chi connectivity index (χ4n) is 4.65. The van der Waals surface area contributed by atoms with E-state index in [2.05, 4.69) is 11.1 Å². The molecule has 1 aliphatic heterocycles. The third kappa shape index (κ3) is 3.34. The van der Waals surface area contributed by atoms with E-state index in [9.17, 15) is 14.7 Å². The number of hydrogen-bond donors (Lipinski definition) is 1. The molecule has 5 nitrogen and oxygen atoms in total. The summed E-state index contributed by atoms with van der Waals surface area (Å²) in [6, 6.07) is 8.15. The molecule has 1 N–H and O–H groups in total. The van der Waals surface area contributed by atoms with Crippen LogP contribution >= 0.6 is 11.3 Å². The minimum Gasteiger partial charge on any atom is -0.481 e. The zero-order chi connectivity index (χ0) is 18.1. The van der Waals surface area contributed by atoms with E-state index in [0.717, 1.165) is 40.9 Å². The number of nitrogens with zero attached hydrogens (tertiary/aromatic N) is 2. The quantitative estimate of drug-likeness (QED) is 0.888. The van der Waals surface area contributed by atoms with E-state index >= 15 is 0 Å². The lowest BCUT2D eigenvalue weighted by Gasteiger charge is -2.46. The number of aromatic nitrogens is 1. The molecule has 1 aromatic heterocycles. The van der Waals surface area contributed by atoms with E-state index in [0.29, 0.717) is 25.8 Å². The van der Waals surface area contributed by atoms with Gasteiger partial charge in [0, 0.05) is 25.4 Å². The summed E-state index contributed by atoms with van der Waals surface area (Å²) in [5.41, 5.74) is 0.995. The molecule has 2 fully saturated rings. The number of piperidine rings is 1. The molecular weight excluding hydrogens is 348 g/mol. The average molecular weight is 372 g/mol. The van der Waals surface area contributed by atoms with Crippen molar-refractivity contribution in [1.29, 1.82) is 0 Å². The van der Waals surface area contributed by atoms with Gasteiger partial charge >= 0.3 is 5.97 Å². The van der Waals surface area contributed by atoms with Crippen LogP contribution < -0.4 is 0 Å². The number of para-hydroxylation sites is 1. The number of amides is 1. The molecule has 0 spiro atoms. The molecule has 0 bridgehead atoms. The number of carbonyl (C=O) groups is 2. The Morgan fingerprint density at radius 3 is 2.81 bits per heavy atom. The number of likely N-dealkylation sites (tertiary alicyclic amines) is 1. The van der Waals surface area contributed by atoms with E-state index in [1.807, 2.05) is 23.1 Å². The van der Waals surface area contributed by atoms with Gasteiger partial charge in [-0.15, -0.1) is 11.3 Å². The third-order valence-electron chi connectivity index (χ3n) is 5.91. The molecule has 26 heavy (non-hydrogen) atoms. The minimum absolute atomic E-state index is 0.112. The lowest BCUT2D eigenvalue weighted by atomic mass is 9.72. The number of thiazole rings is 1. The number of carbonyl (C=O) groups excluding carboxylic acids is 1. The first kappa shape index (κ1) is 17.5.